The Labute approximate surface area is 135 Å². The fourth-order valence-corrected chi connectivity index (χ4v) is 2.93. The largest absolute Gasteiger partial charge is 0.505 e. The van der Waals surface area contributed by atoms with Crippen LogP contribution in [0.3, 0.4) is 0 Å². The molecule has 1 aromatic rings. The van der Waals surface area contributed by atoms with Gasteiger partial charge in [-0.3, -0.25) is 4.90 Å². The normalized spacial score (nSPS) is 20.3. The van der Waals surface area contributed by atoms with Crippen molar-refractivity contribution >= 4 is 24.8 Å². The predicted molar refractivity (Wildman–Crippen MR) is 82.4 cm³/mol. The van der Waals surface area contributed by atoms with Crippen molar-refractivity contribution in [3.63, 3.8) is 0 Å². The first-order valence-electron chi connectivity index (χ1n) is 6.80. The van der Waals surface area contributed by atoms with Crippen LogP contribution in [0.15, 0.2) is 12.1 Å². The quantitative estimate of drug-likeness (QED) is 0.888. The molecule has 0 bridgehead atoms. The second-order valence-electron chi connectivity index (χ2n) is 5.36. The molecule has 0 aromatic heterocycles. The van der Waals surface area contributed by atoms with Crippen LogP contribution < -0.4 is 5.32 Å². The van der Waals surface area contributed by atoms with Gasteiger partial charge >= 0.3 is 0 Å². The number of halogens is 4. The van der Waals surface area contributed by atoms with Crippen molar-refractivity contribution in [3.8, 4) is 5.75 Å². The Hall–Kier alpha value is -0.620. The fourth-order valence-electron chi connectivity index (χ4n) is 2.93. The van der Waals surface area contributed by atoms with Gasteiger partial charge in [0.25, 0.3) is 0 Å². The minimum absolute atomic E-state index is 0. The minimum atomic E-state index is -0.739. The van der Waals surface area contributed by atoms with Crippen LogP contribution >= 0.6 is 24.8 Å². The van der Waals surface area contributed by atoms with Crippen molar-refractivity contribution in [2.75, 3.05) is 26.2 Å². The smallest absolute Gasteiger partial charge is 0.165 e. The van der Waals surface area contributed by atoms with Gasteiger partial charge in [-0.15, -0.1) is 24.8 Å². The molecule has 0 radical (unpaired) electrons. The first-order chi connectivity index (χ1) is 9.18. The molecular formula is C14H20Cl2F2N2O. The van der Waals surface area contributed by atoms with E-state index in [1.807, 2.05) is 0 Å². The van der Waals surface area contributed by atoms with Gasteiger partial charge in [0.15, 0.2) is 11.6 Å². The third-order valence-electron chi connectivity index (χ3n) is 4.02. The summed E-state index contributed by atoms with van der Waals surface area (Å²) in [6.07, 6.45) is 2.04. The number of nitrogens with zero attached hydrogens (tertiary/aromatic N) is 1. The molecule has 1 saturated carbocycles. The molecule has 1 aliphatic heterocycles. The van der Waals surface area contributed by atoms with E-state index < -0.39 is 17.4 Å². The van der Waals surface area contributed by atoms with Crippen molar-refractivity contribution in [1.82, 2.24) is 10.2 Å². The van der Waals surface area contributed by atoms with Crippen molar-refractivity contribution in [2.24, 2.45) is 5.92 Å². The second-order valence-corrected chi connectivity index (χ2v) is 5.36. The first kappa shape index (κ1) is 18.4. The Bertz CT molecular complexity index is 480. The van der Waals surface area contributed by atoms with E-state index in [1.54, 1.807) is 0 Å². The average Bonchev–Trinajstić information content (AvgIpc) is 3.24. The van der Waals surface area contributed by atoms with E-state index in [0.29, 0.717) is 5.92 Å². The Kier molecular flexibility index (Phi) is 6.66. The van der Waals surface area contributed by atoms with Crippen LogP contribution in [0.4, 0.5) is 8.78 Å². The third kappa shape index (κ3) is 3.77. The highest BCUT2D eigenvalue weighted by atomic mass is 35.5. The summed E-state index contributed by atoms with van der Waals surface area (Å²) in [5.74, 6) is -1.43. The molecule has 0 amide bonds. The number of rotatable bonds is 3. The van der Waals surface area contributed by atoms with Crippen LogP contribution in [-0.4, -0.2) is 36.2 Å². The number of aromatic hydroxyl groups is 1. The van der Waals surface area contributed by atoms with Gasteiger partial charge < -0.3 is 10.4 Å². The molecule has 120 valence electrons. The molecule has 3 nitrogen and oxygen atoms in total. The highest BCUT2D eigenvalue weighted by molar-refractivity contribution is 5.85. The maximum Gasteiger partial charge on any atom is 0.165 e. The molecule has 1 heterocycles. The highest BCUT2D eigenvalue weighted by Gasteiger charge is 2.40. The highest BCUT2D eigenvalue weighted by Crippen LogP contribution is 2.48. The fraction of sp³-hybridized carbons (Fsp3) is 0.571. The molecule has 0 spiro atoms. The van der Waals surface area contributed by atoms with Gasteiger partial charge in [-0.2, -0.15) is 0 Å². The molecule has 3 rings (SSSR count). The zero-order valence-corrected chi connectivity index (χ0v) is 13.2. The van der Waals surface area contributed by atoms with Gasteiger partial charge in [-0.05, 0) is 30.9 Å². The van der Waals surface area contributed by atoms with Crippen LogP contribution in [0.2, 0.25) is 0 Å². The molecule has 1 saturated heterocycles. The van der Waals surface area contributed by atoms with E-state index >= 15 is 0 Å². The molecule has 21 heavy (non-hydrogen) atoms. The molecular weight excluding hydrogens is 321 g/mol. The minimum Gasteiger partial charge on any atom is -0.505 e. The SMILES string of the molecule is Cl.Cl.Oc1c(F)ccc(F)c1[C@@H](C1CC1)N1CCNCC1. The van der Waals surface area contributed by atoms with Gasteiger partial charge in [-0.1, -0.05) is 0 Å². The summed E-state index contributed by atoms with van der Waals surface area (Å²) < 4.78 is 27.6. The van der Waals surface area contributed by atoms with Crippen LogP contribution in [0.25, 0.3) is 0 Å². The summed E-state index contributed by atoms with van der Waals surface area (Å²) in [5.41, 5.74) is 0.143. The average molecular weight is 341 g/mol. The molecule has 2 N–H and O–H groups in total. The second kappa shape index (κ2) is 7.58. The zero-order chi connectivity index (χ0) is 13.4. The molecule has 1 aromatic carbocycles. The van der Waals surface area contributed by atoms with Crippen molar-refractivity contribution in [3.05, 3.63) is 29.3 Å². The topological polar surface area (TPSA) is 35.5 Å². The van der Waals surface area contributed by atoms with E-state index in [1.165, 1.54) is 0 Å². The lowest BCUT2D eigenvalue weighted by atomic mass is 9.98. The van der Waals surface area contributed by atoms with Crippen LogP contribution in [-0.2, 0) is 0 Å². The Morgan fingerprint density at radius 1 is 1.10 bits per heavy atom. The first-order valence-corrected chi connectivity index (χ1v) is 6.80. The summed E-state index contributed by atoms with van der Waals surface area (Å²) >= 11 is 0. The Morgan fingerprint density at radius 3 is 2.24 bits per heavy atom. The maximum absolute atomic E-state index is 14.1. The summed E-state index contributed by atoms with van der Waals surface area (Å²) in [6, 6.07) is 1.90. The molecule has 0 unspecified atom stereocenters. The number of phenols is 1. The standard InChI is InChI=1S/C14H18F2N2O.2ClH/c15-10-3-4-11(16)14(19)12(10)13(9-1-2-9)18-7-5-17-6-8-18;;/h3-4,9,13,17,19H,1-2,5-8H2;2*1H/t13-;;/m1../s1. The number of hydrogen-bond acceptors (Lipinski definition) is 3. The number of benzene rings is 1. The van der Waals surface area contributed by atoms with Gasteiger partial charge in [0.1, 0.15) is 5.82 Å². The van der Waals surface area contributed by atoms with Crippen LogP contribution in [0.1, 0.15) is 24.4 Å². The predicted octanol–water partition coefficient (Wildman–Crippen LogP) is 2.87. The van der Waals surface area contributed by atoms with E-state index in [9.17, 15) is 13.9 Å². The summed E-state index contributed by atoms with van der Waals surface area (Å²) in [7, 11) is 0. The summed E-state index contributed by atoms with van der Waals surface area (Å²) in [4.78, 5) is 2.16. The Morgan fingerprint density at radius 2 is 1.67 bits per heavy atom. The number of piperazine rings is 1. The van der Waals surface area contributed by atoms with E-state index in [-0.39, 0.29) is 36.4 Å². The molecule has 1 atom stereocenters. The Balaban J connectivity index is 0.00000110. The monoisotopic (exact) mass is 340 g/mol. The summed E-state index contributed by atoms with van der Waals surface area (Å²) in [6.45, 7) is 3.30. The van der Waals surface area contributed by atoms with Crippen molar-refractivity contribution in [2.45, 2.75) is 18.9 Å². The maximum atomic E-state index is 14.1. The zero-order valence-electron chi connectivity index (χ0n) is 11.5. The number of phenolic OH excluding ortho intramolecular Hbond substituents is 1. The van der Waals surface area contributed by atoms with Gasteiger partial charge in [-0.25, -0.2) is 8.78 Å². The molecule has 2 fully saturated rings. The molecule has 7 heteroatoms. The van der Waals surface area contributed by atoms with Crippen molar-refractivity contribution < 1.29 is 13.9 Å². The third-order valence-corrected chi connectivity index (χ3v) is 4.02. The van der Waals surface area contributed by atoms with Crippen LogP contribution in [0.5, 0.6) is 5.75 Å². The van der Waals surface area contributed by atoms with Gasteiger partial charge in [0.2, 0.25) is 0 Å². The van der Waals surface area contributed by atoms with Gasteiger partial charge in [0, 0.05) is 32.2 Å². The number of nitrogens with one attached hydrogen (secondary N) is 1. The summed E-state index contributed by atoms with van der Waals surface area (Å²) in [5, 5.41) is 13.1. The number of hydrogen-bond donors (Lipinski definition) is 2. The van der Waals surface area contributed by atoms with E-state index in [4.69, 9.17) is 0 Å². The lowest BCUT2D eigenvalue weighted by molar-refractivity contribution is 0.149. The van der Waals surface area contributed by atoms with E-state index in [0.717, 1.165) is 51.2 Å². The van der Waals surface area contributed by atoms with E-state index in [2.05, 4.69) is 10.2 Å². The lowest BCUT2D eigenvalue weighted by Crippen LogP contribution is -2.45. The van der Waals surface area contributed by atoms with Crippen molar-refractivity contribution in [1.29, 1.82) is 0 Å². The lowest BCUT2D eigenvalue weighted by Gasteiger charge is -2.35. The molecule has 1 aliphatic carbocycles. The van der Waals surface area contributed by atoms with Gasteiger partial charge in [0.05, 0.1) is 5.56 Å². The molecule has 2 aliphatic rings. The van der Waals surface area contributed by atoms with Crippen LogP contribution in [0, 0.1) is 17.6 Å².